The fourth-order valence-electron chi connectivity index (χ4n) is 3.43. The van der Waals surface area contributed by atoms with Gasteiger partial charge in [-0.1, -0.05) is 6.07 Å². The molecule has 1 aliphatic rings. The molecular weight excluding hydrogens is 347 g/mol. The van der Waals surface area contributed by atoms with Gasteiger partial charge in [-0.15, -0.1) is 0 Å². The third-order valence-corrected chi connectivity index (χ3v) is 5.10. The van der Waals surface area contributed by atoms with Crippen LogP contribution in [0.1, 0.15) is 32.3 Å². The number of anilines is 1. The molecule has 2 rings (SSSR count). The molecule has 0 bridgehead atoms. The predicted molar refractivity (Wildman–Crippen MR) is 105 cm³/mol. The number of nitrogens with zero attached hydrogens (tertiary/aromatic N) is 3. The topological polar surface area (TPSA) is 55.9 Å². The standard InChI is InChI=1S/C20H31FN4O2/c1-5-24(6-2)18-8-7-15(13-17(18)21)14-22-19(26)16-9-11-25(12-10-16)20(27)23(3)4/h7-8,13,16H,5-6,9-12,14H2,1-4H3,(H,22,26). The van der Waals surface area contributed by atoms with Crippen LogP contribution in [-0.2, 0) is 11.3 Å². The van der Waals surface area contributed by atoms with Crippen LogP contribution < -0.4 is 10.2 Å². The van der Waals surface area contributed by atoms with E-state index in [1.807, 2.05) is 24.8 Å². The molecule has 1 N–H and O–H groups in total. The highest BCUT2D eigenvalue weighted by Crippen LogP contribution is 2.21. The second-order valence-electron chi connectivity index (χ2n) is 7.11. The van der Waals surface area contributed by atoms with Crippen LogP contribution in [0, 0.1) is 11.7 Å². The zero-order valence-corrected chi connectivity index (χ0v) is 16.8. The van der Waals surface area contributed by atoms with E-state index in [0.29, 0.717) is 38.2 Å². The lowest BCUT2D eigenvalue weighted by Gasteiger charge is -2.33. The molecule has 0 radical (unpaired) electrons. The monoisotopic (exact) mass is 378 g/mol. The fraction of sp³-hybridized carbons (Fsp3) is 0.600. The first-order chi connectivity index (χ1) is 12.9. The number of hydrogen-bond donors (Lipinski definition) is 1. The predicted octanol–water partition coefficient (Wildman–Crippen LogP) is 2.68. The third kappa shape index (κ3) is 5.34. The molecule has 0 spiro atoms. The lowest BCUT2D eigenvalue weighted by molar-refractivity contribution is -0.126. The van der Waals surface area contributed by atoms with Crippen LogP contribution in [0.2, 0.25) is 0 Å². The molecule has 0 saturated carbocycles. The van der Waals surface area contributed by atoms with Crippen LogP contribution in [-0.4, -0.2) is 62.0 Å². The summed E-state index contributed by atoms with van der Waals surface area (Å²) in [6.45, 7) is 6.97. The molecule has 6 nitrogen and oxygen atoms in total. The van der Waals surface area contributed by atoms with Crippen molar-refractivity contribution >= 4 is 17.6 Å². The van der Waals surface area contributed by atoms with Gasteiger partial charge in [-0.05, 0) is 44.4 Å². The highest BCUT2D eigenvalue weighted by atomic mass is 19.1. The summed E-state index contributed by atoms with van der Waals surface area (Å²) >= 11 is 0. The molecule has 1 aromatic carbocycles. The van der Waals surface area contributed by atoms with Crippen molar-refractivity contribution in [2.45, 2.75) is 33.2 Å². The number of hydrogen-bond acceptors (Lipinski definition) is 3. The molecular formula is C20H31FN4O2. The van der Waals surface area contributed by atoms with Gasteiger partial charge in [0.1, 0.15) is 5.82 Å². The number of rotatable bonds is 6. The molecule has 7 heteroatoms. The number of carbonyl (C=O) groups is 2. The van der Waals surface area contributed by atoms with Crippen molar-refractivity contribution in [3.05, 3.63) is 29.6 Å². The number of amides is 3. The van der Waals surface area contributed by atoms with Gasteiger partial charge in [0.25, 0.3) is 0 Å². The van der Waals surface area contributed by atoms with Gasteiger partial charge in [-0.3, -0.25) is 4.79 Å². The van der Waals surface area contributed by atoms with Crippen LogP contribution in [0.5, 0.6) is 0 Å². The molecule has 0 atom stereocenters. The van der Waals surface area contributed by atoms with Crippen LogP contribution in [0.3, 0.4) is 0 Å². The Labute approximate surface area is 161 Å². The Balaban J connectivity index is 1.86. The molecule has 1 fully saturated rings. The highest BCUT2D eigenvalue weighted by Gasteiger charge is 2.27. The first kappa shape index (κ1) is 21.0. The van der Waals surface area contributed by atoms with Crippen molar-refractivity contribution in [2.24, 2.45) is 5.92 Å². The molecule has 1 aromatic rings. The fourth-order valence-corrected chi connectivity index (χ4v) is 3.43. The molecule has 0 aliphatic carbocycles. The summed E-state index contributed by atoms with van der Waals surface area (Å²) < 4.78 is 14.3. The molecule has 3 amide bonds. The van der Waals surface area contributed by atoms with Crippen molar-refractivity contribution in [3.8, 4) is 0 Å². The van der Waals surface area contributed by atoms with Crippen molar-refractivity contribution in [2.75, 3.05) is 45.2 Å². The Morgan fingerprint density at radius 3 is 2.33 bits per heavy atom. The van der Waals surface area contributed by atoms with Gasteiger partial charge in [-0.2, -0.15) is 0 Å². The van der Waals surface area contributed by atoms with Gasteiger partial charge in [0.05, 0.1) is 5.69 Å². The third-order valence-electron chi connectivity index (χ3n) is 5.10. The number of nitrogens with one attached hydrogen (secondary N) is 1. The molecule has 0 unspecified atom stereocenters. The van der Waals surface area contributed by atoms with Crippen molar-refractivity contribution in [1.29, 1.82) is 0 Å². The summed E-state index contributed by atoms with van der Waals surface area (Å²) in [5.74, 6) is -0.392. The van der Waals surface area contributed by atoms with Gasteiger partial charge < -0.3 is 20.0 Å². The Kier molecular flexibility index (Phi) is 7.45. The van der Waals surface area contributed by atoms with E-state index in [-0.39, 0.29) is 23.7 Å². The minimum Gasteiger partial charge on any atom is -0.370 e. The van der Waals surface area contributed by atoms with Gasteiger partial charge in [-0.25, -0.2) is 9.18 Å². The number of benzene rings is 1. The van der Waals surface area contributed by atoms with E-state index >= 15 is 0 Å². The van der Waals surface area contributed by atoms with Crippen LogP contribution >= 0.6 is 0 Å². The number of piperidine rings is 1. The van der Waals surface area contributed by atoms with Crippen molar-refractivity contribution in [3.63, 3.8) is 0 Å². The van der Waals surface area contributed by atoms with E-state index in [2.05, 4.69) is 5.32 Å². The number of carbonyl (C=O) groups excluding carboxylic acids is 2. The van der Waals surface area contributed by atoms with Crippen molar-refractivity contribution < 1.29 is 14.0 Å². The summed E-state index contributed by atoms with van der Waals surface area (Å²) in [6, 6.07) is 5.11. The van der Waals surface area contributed by atoms with E-state index in [1.165, 1.54) is 6.07 Å². The lowest BCUT2D eigenvalue weighted by Crippen LogP contribution is -2.46. The molecule has 27 heavy (non-hydrogen) atoms. The second-order valence-corrected chi connectivity index (χ2v) is 7.11. The minimum atomic E-state index is -0.263. The Morgan fingerprint density at radius 2 is 1.81 bits per heavy atom. The number of urea groups is 1. The van der Waals surface area contributed by atoms with Crippen LogP contribution in [0.25, 0.3) is 0 Å². The quantitative estimate of drug-likeness (QED) is 0.828. The highest BCUT2D eigenvalue weighted by molar-refractivity contribution is 5.79. The van der Waals surface area contributed by atoms with Gasteiger partial charge >= 0.3 is 6.03 Å². The minimum absolute atomic E-state index is 0.0161. The molecule has 0 aromatic heterocycles. The Hall–Kier alpha value is -2.31. The van der Waals surface area contributed by atoms with Gasteiger partial charge in [0.2, 0.25) is 5.91 Å². The first-order valence-electron chi connectivity index (χ1n) is 9.64. The SMILES string of the molecule is CCN(CC)c1ccc(CNC(=O)C2CCN(C(=O)N(C)C)CC2)cc1F. The number of likely N-dealkylation sites (tertiary alicyclic amines) is 1. The summed E-state index contributed by atoms with van der Waals surface area (Å²) in [5, 5.41) is 2.91. The van der Waals surface area contributed by atoms with E-state index in [0.717, 1.165) is 18.7 Å². The summed E-state index contributed by atoms with van der Waals surface area (Å²) in [6.07, 6.45) is 1.31. The summed E-state index contributed by atoms with van der Waals surface area (Å²) in [5.41, 5.74) is 1.34. The van der Waals surface area contributed by atoms with Gasteiger partial charge in [0.15, 0.2) is 0 Å². The number of halogens is 1. The van der Waals surface area contributed by atoms with E-state index in [1.54, 1.807) is 30.0 Å². The zero-order valence-electron chi connectivity index (χ0n) is 16.8. The largest absolute Gasteiger partial charge is 0.370 e. The second kappa shape index (κ2) is 9.58. The average Bonchev–Trinajstić information content (AvgIpc) is 2.67. The molecule has 150 valence electrons. The Morgan fingerprint density at radius 1 is 1.19 bits per heavy atom. The molecule has 1 heterocycles. The summed E-state index contributed by atoms with van der Waals surface area (Å²) in [4.78, 5) is 29.6. The Bertz CT molecular complexity index is 653. The van der Waals surface area contributed by atoms with Crippen LogP contribution in [0.4, 0.5) is 14.9 Å². The van der Waals surface area contributed by atoms with Crippen molar-refractivity contribution in [1.82, 2.24) is 15.1 Å². The smallest absolute Gasteiger partial charge is 0.319 e. The normalized spacial score (nSPS) is 14.8. The van der Waals surface area contributed by atoms with E-state index in [9.17, 15) is 14.0 Å². The van der Waals surface area contributed by atoms with Crippen LogP contribution in [0.15, 0.2) is 18.2 Å². The zero-order chi connectivity index (χ0) is 20.0. The van der Waals surface area contributed by atoms with E-state index in [4.69, 9.17) is 0 Å². The maximum atomic E-state index is 14.3. The van der Waals surface area contributed by atoms with E-state index < -0.39 is 0 Å². The maximum absolute atomic E-state index is 14.3. The lowest BCUT2D eigenvalue weighted by atomic mass is 9.96. The molecule has 1 aliphatic heterocycles. The maximum Gasteiger partial charge on any atom is 0.319 e. The average molecular weight is 378 g/mol. The molecule has 1 saturated heterocycles. The summed E-state index contributed by atoms with van der Waals surface area (Å²) in [7, 11) is 3.46. The first-order valence-corrected chi connectivity index (χ1v) is 9.64. The van der Waals surface area contributed by atoms with Gasteiger partial charge in [0, 0.05) is 52.7 Å².